The van der Waals surface area contributed by atoms with Crippen molar-refractivity contribution in [1.82, 2.24) is 15.3 Å². The number of benzene rings is 1. The Bertz CT molecular complexity index is 885. The fraction of sp³-hybridized carbons (Fsp3) is 0.364. The summed E-state index contributed by atoms with van der Waals surface area (Å²) in [4.78, 5) is 9.01. The van der Waals surface area contributed by atoms with Crippen LogP contribution in [0.25, 0.3) is 0 Å². The number of hydrogen-bond acceptors (Lipinski definition) is 6. The zero-order chi connectivity index (χ0) is 20.0. The van der Waals surface area contributed by atoms with Crippen LogP contribution in [0.3, 0.4) is 0 Å². The Labute approximate surface area is 170 Å². The Morgan fingerprint density at radius 1 is 1.04 bits per heavy atom. The molecule has 0 fully saturated rings. The molecule has 3 aromatic rings. The number of hydrogen-bond donors (Lipinski definition) is 1. The van der Waals surface area contributed by atoms with Gasteiger partial charge in [0.25, 0.3) is 0 Å². The lowest BCUT2D eigenvalue weighted by Crippen LogP contribution is -2.14. The Morgan fingerprint density at radius 2 is 1.79 bits per heavy atom. The van der Waals surface area contributed by atoms with E-state index in [9.17, 15) is 0 Å². The molecule has 28 heavy (non-hydrogen) atoms. The van der Waals surface area contributed by atoms with E-state index in [4.69, 9.17) is 14.5 Å². The summed E-state index contributed by atoms with van der Waals surface area (Å²) in [5.74, 6) is 2.14. The van der Waals surface area contributed by atoms with Crippen molar-refractivity contribution in [2.75, 3.05) is 6.61 Å². The van der Waals surface area contributed by atoms with Crippen molar-refractivity contribution >= 4 is 11.3 Å². The number of thiazole rings is 1. The van der Waals surface area contributed by atoms with Gasteiger partial charge in [0.05, 0.1) is 17.3 Å². The van der Waals surface area contributed by atoms with Crippen molar-refractivity contribution in [3.63, 3.8) is 0 Å². The molecule has 0 radical (unpaired) electrons. The molecule has 0 amide bonds. The number of aromatic nitrogens is 2. The van der Waals surface area contributed by atoms with Crippen LogP contribution in [0, 0.1) is 0 Å². The second-order valence-electron chi connectivity index (χ2n) is 7.51. The molecule has 0 aliphatic rings. The van der Waals surface area contributed by atoms with Crippen LogP contribution in [0.5, 0.6) is 17.4 Å². The number of rotatable bonds is 8. The van der Waals surface area contributed by atoms with Gasteiger partial charge in [0.15, 0.2) is 0 Å². The molecule has 3 rings (SSSR count). The maximum Gasteiger partial charge on any atom is 0.219 e. The van der Waals surface area contributed by atoms with Crippen LogP contribution in [0.1, 0.15) is 44.0 Å². The van der Waals surface area contributed by atoms with E-state index in [0.717, 1.165) is 35.8 Å². The molecular weight excluding hydrogens is 370 g/mol. The molecule has 1 aromatic carbocycles. The monoisotopic (exact) mass is 397 g/mol. The average molecular weight is 398 g/mol. The smallest absolute Gasteiger partial charge is 0.219 e. The van der Waals surface area contributed by atoms with Gasteiger partial charge in [-0.1, -0.05) is 20.8 Å². The quantitative estimate of drug-likeness (QED) is 0.558. The second kappa shape index (κ2) is 9.17. The molecule has 0 saturated carbocycles. The summed E-state index contributed by atoms with van der Waals surface area (Å²) < 4.78 is 11.3. The number of nitrogens with one attached hydrogen (secondary N) is 1. The summed E-state index contributed by atoms with van der Waals surface area (Å²) in [6, 6.07) is 11.5. The summed E-state index contributed by atoms with van der Waals surface area (Å²) in [5, 5.41) is 6.73. The lowest BCUT2D eigenvalue weighted by molar-refractivity contribution is 0.339. The molecule has 2 heterocycles. The van der Waals surface area contributed by atoms with E-state index in [0.29, 0.717) is 12.5 Å². The fourth-order valence-corrected chi connectivity index (χ4v) is 3.48. The van der Waals surface area contributed by atoms with Crippen LogP contribution in [-0.2, 0) is 18.5 Å². The molecule has 148 valence electrons. The molecule has 0 aliphatic heterocycles. The van der Waals surface area contributed by atoms with Gasteiger partial charge in [-0.15, -0.1) is 11.3 Å². The van der Waals surface area contributed by atoms with E-state index in [1.165, 1.54) is 5.01 Å². The highest BCUT2D eigenvalue weighted by Crippen LogP contribution is 2.26. The van der Waals surface area contributed by atoms with Crippen LogP contribution < -0.4 is 14.8 Å². The van der Waals surface area contributed by atoms with Crippen LogP contribution in [-0.4, -0.2) is 16.6 Å². The molecule has 0 aliphatic carbocycles. The zero-order valence-corrected chi connectivity index (χ0v) is 17.7. The molecule has 0 saturated heterocycles. The van der Waals surface area contributed by atoms with Crippen molar-refractivity contribution < 1.29 is 9.47 Å². The highest BCUT2D eigenvalue weighted by atomic mass is 32.1. The summed E-state index contributed by atoms with van der Waals surface area (Å²) in [6.07, 6.45) is 1.77. The van der Waals surface area contributed by atoms with Crippen LogP contribution in [0.4, 0.5) is 0 Å². The van der Waals surface area contributed by atoms with Gasteiger partial charge in [0, 0.05) is 36.1 Å². The Hall–Kier alpha value is -2.44. The molecule has 0 unspecified atom stereocenters. The second-order valence-corrected chi connectivity index (χ2v) is 8.36. The van der Waals surface area contributed by atoms with Crippen molar-refractivity contribution in [1.29, 1.82) is 0 Å². The molecule has 2 aromatic heterocycles. The van der Waals surface area contributed by atoms with Crippen molar-refractivity contribution in [2.24, 2.45) is 0 Å². The van der Waals surface area contributed by atoms with Crippen molar-refractivity contribution in [3.8, 4) is 17.4 Å². The summed E-state index contributed by atoms with van der Waals surface area (Å²) in [5.41, 5.74) is 2.29. The minimum atomic E-state index is 0.0983. The van der Waals surface area contributed by atoms with Crippen molar-refractivity contribution in [2.45, 2.75) is 46.2 Å². The topological polar surface area (TPSA) is 56.3 Å². The molecule has 5 nitrogen and oxygen atoms in total. The standard InChI is InChI=1S/C22H27N3O2S/c1-5-26-18-6-8-19(9-7-18)27-20-12-16(10-11-24-20)13-23-14-17-15-28-21(25-17)22(2,3)4/h6-12,15,23H,5,13-14H2,1-4H3. The van der Waals surface area contributed by atoms with E-state index >= 15 is 0 Å². The Morgan fingerprint density at radius 3 is 2.46 bits per heavy atom. The maximum absolute atomic E-state index is 5.85. The van der Waals surface area contributed by atoms with Gasteiger partial charge in [-0.25, -0.2) is 9.97 Å². The highest BCUT2D eigenvalue weighted by Gasteiger charge is 2.17. The molecular formula is C22H27N3O2S. The minimum absolute atomic E-state index is 0.0983. The van der Waals surface area contributed by atoms with Crippen molar-refractivity contribution in [3.05, 3.63) is 64.2 Å². The van der Waals surface area contributed by atoms with Crippen LogP contribution in [0.15, 0.2) is 48.0 Å². The molecule has 1 N–H and O–H groups in total. The molecule has 0 spiro atoms. The molecule has 0 atom stereocenters. The first kappa shape index (κ1) is 20.3. The van der Waals surface area contributed by atoms with Gasteiger partial charge < -0.3 is 14.8 Å². The third-order valence-corrected chi connectivity index (χ3v) is 5.30. The third kappa shape index (κ3) is 5.78. The van der Waals surface area contributed by atoms with E-state index in [1.54, 1.807) is 17.5 Å². The van der Waals surface area contributed by atoms with Gasteiger partial charge in [-0.3, -0.25) is 0 Å². The predicted octanol–water partition coefficient (Wildman–Crippen LogP) is 5.32. The first-order valence-electron chi connectivity index (χ1n) is 9.45. The lowest BCUT2D eigenvalue weighted by atomic mass is 9.98. The zero-order valence-electron chi connectivity index (χ0n) is 16.9. The Balaban J connectivity index is 1.54. The average Bonchev–Trinajstić information content (AvgIpc) is 3.13. The number of ether oxygens (including phenoxy) is 2. The van der Waals surface area contributed by atoms with E-state index in [1.807, 2.05) is 43.3 Å². The summed E-state index contributed by atoms with van der Waals surface area (Å²) >= 11 is 1.72. The summed E-state index contributed by atoms with van der Waals surface area (Å²) in [7, 11) is 0. The number of nitrogens with zero attached hydrogens (tertiary/aromatic N) is 2. The molecule has 6 heteroatoms. The SMILES string of the molecule is CCOc1ccc(Oc2cc(CNCc3csc(C(C)(C)C)n3)ccn2)cc1. The van der Waals surface area contributed by atoms with E-state index < -0.39 is 0 Å². The third-order valence-electron chi connectivity index (χ3n) is 3.99. The van der Waals surface area contributed by atoms with E-state index in [2.05, 4.69) is 36.5 Å². The Kier molecular flexibility index (Phi) is 6.65. The summed E-state index contributed by atoms with van der Waals surface area (Å²) in [6.45, 7) is 10.6. The van der Waals surface area contributed by atoms with Crippen LogP contribution in [0.2, 0.25) is 0 Å². The van der Waals surface area contributed by atoms with Gasteiger partial charge in [-0.2, -0.15) is 0 Å². The fourth-order valence-electron chi connectivity index (χ4n) is 2.58. The predicted molar refractivity (Wildman–Crippen MR) is 113 cm³/mol. The minimum Gasteiger partial charge on any atom is -0.494 e. The first-order valence-corrected chi connectivity index (χ1v) is 10.3. The lowest BCUT2D eigenvalue weighted by Gasteiger charge is -2.13. The normalized spacial score (nSPS) is 11.4. The van der Waals surface area contributed by atoms with E-state index in [-0.39, 0.29) is 5.41 Å². The largest absolute Gasteiger partial charge is 0.494 e. The van der Waals surface area contributed by atoms with Gasteiger partial charge in [0.2, 0.25) is 5.88 Å². The molecule has 0 bridgehead atoms. The number of pyridine rings is 1. The maximum atomic E-state index is 5.85. The van der Waals surface area contributed by atoms with Gasteiger partial charge in [-0.05, 0) is 42.8 Å². The van der Waals surface area contributed by atoms with Crippen LogP contribution >= 0.6 is 11.3 Å². The first-order chi connectivity index (χ1) is 13.4. The van der Waals surface area contributed by atoms with Gasteiger partial charge >= 0.3 is 0 Å². The van der Waals surface area contributed by atoms with Gasteiger partial charge in [0.1, 0.15) is 11.5 Å². The highest BCUT2D eigenvalue weighted by molar-refractivity contribution is 7.09.